The van der Waals surface area contributed by atoms with Crippen LogP contribution in [0.1, 0.15) is 76.1 Å². The highest BCUT2D eigenvalue weighted by Gasteiger charge is 2.17. The Balaban J connectivity index is 1.49. The fourth-order valence-electron chi connectivity index (χ4n) is 3.99. The minimum Gasteiger partial charge on any atom is -0.483 e. The first-order valence-electron chi connectivity index (χ1n) is 10.3. The maximum absolute atomic E-state index is 5.97. The molecular formula is C22H32N2O2. The molecule has 26 heavy (non-hydrogen) atoms. The van der Waals surface area contributed by atoms with Crippen molar-refractivity contribution in [3.8, 4) is 5.75 Å². The van der Waals surface area contributed by atoms with E-state index in [0.717, 1.165) is 36.3 Å². The van der Waals surface area contributed by atoms with Gasteiger partial charge in [-0.3, -0.25) is 0 Å². The van der Waals surface area contributed by atoms with E-state index < -0.39 is 0 Å². The largest absolute Gasteiger partial charge is 0.483 e. The Morgan fingerprint density at radius 1 is 1.19 bits per heavy atom. The minimum absolute atomic E-state index is 0.335. The summed E-state index contributed by atoms with van der Waals surface area (Å²) in [6, 6.07) is 8.33. The summed E-state index contributed by atoms with van der Waals surface area (Å²) >= 11 is 0. The van der Waals surface area contributed by atoms with Crippen molar-refractivity contribution in [1.82, 2.24) is 10.1 Å². The van der Waals surface area contributed by atoms with Crippen LogP contribution in [0.4, 0.5) is 0 Å². The average Bonchev–Trinajstić information content (AvgIpc) is 3.14. The van der Waals surface area contributed by atoms with Crippen LogP contribution in [-0.2, 0) is 19.4 Å². The van der Waals surface area contributed by atoms with Gasteiger partial charge < -0.3 is 9.26 Å². The van der Waals surface area contributed by atoms with Crippen LogP contribution >= 0.6 is 0 Å². The molecule has 0 spiro atoms. The van der Waals surface area contributed by atoms with Gasteiger partial charge in [-0.25, -0.2) is 0 Å². The molecule has 1 heterocycles. The third kappa shape index (κ3) is 5.58. The van der Waals surface area contributed by atoms with Crippen molar-refractivity contribution < 1.29 is 9.26 Å². The van der Waals surface area contributed by atoms with Crippen LogP contribution in [0.25, 0.3) is 0 Å². The standard InChI is InChI=1S/C22H32N2O2/c1-3-21-23-22(26-24-21)16-25-20-12-8-7-11-19(20)14-13-17(2)15-18-9-5-4-6-10-18/h7-8,11-12,17-18H,3-6,9-10,13-16H2,1-2H3. The van der Waals surface area contributed by atoms with E-state index in [1.807, 2.05) is 19.1 Å². The first-order chi connectivity index (χ1) is 12.7. The average molecular weight is 357 g/mol. The highest BCUT2D eigenvalue weighted by molar-refractivity contribution is 5.33. The molecule has 1 aliphatic rings. The van der Waals surface area contributed by atoms with Crippen molar-refractivity contribution in [2.24, 2.45) is 11.8 Å². The minimum atomic E-state index is 0.335. The van der Waals surface area contributed by atoms with Crippen LogP contribution in [0.2, 0.25) is 0 Å². The zero-order chi connectivity index (χ0) is 18.2. The molecule has 0 amide bonds. The molecule has 4 nitrogen and oxygen atoms in total. The van der Waals surface area contributed by atoms with Crippen LogP contribution in [0.15, 0.2) is 28.8 Å². The van der Waals surface area contributed by atoms with Crippen LogP contribution in [0, 0.1) is 11.8 Å². The quantitative estimate of drug-likeness (QED) is 0.574. The van der Waals surface area contributed by atoms with Gasteiger partial charge in [-0.15, -0.1) is 0 Å². The normalized spacial score (nSPS) is 16.5. The van der Waals surface area contributed by atoms with Gasteiger partial charge in [0.25, 0.3) is 5.89 Å². The smallest absolute Gasteiger partial charge is 0.264 e. The summed E-state index contributed by atoms with van der Waals surface area (Å²) in [6.07, 6.45) is 11.6. The first kappa shape index (κ1) is 18.9. The predicted octanol–water partition coefficient (Wildman–Crippen LogP) is 5.75. The Hall–Kier alpha value is -1.84. The molecule has 0 N–H and O–H groups in total. The number of ether oxygens (including phenoxy) is 1. The summed E-state index contributed by atoms with van der Waals surface area (Å²) in [5, 5.41) is 3.92. The molecule has 142 valence electrons. The Bertz CT molecular complexity index is 662. The summed E-state index contributed by atoms with van der Waals surface area (Å²) < 4.78 is 11.2. The molecule has 1 aromatic carbocycles. The Morgan fingerprint density at radius 3 is 2.77 bits per heavy atom. The lowest BCUT2D eigenvalue weighted by Crippen LogP contribution is -2.11. The predicted molar refractivity (Wildman–Crippen MR) is 103 cm³/mol. The maximum atomic E-state index is 5.97. The van der Waals surface area contributed by atoms with E-state index in [9.17, 15) is 0 Å². The Kier molecular flexibility index (Phi) is 7.10. The van der Waals surface area contributed by atoms with Crippen molar-refractivity contribution >= 4 is 0 Å². The zero-order valence-corrected chi connectivity index (χ0v) is 16.2. The van der Waals surface area contributed by atoms with Crippen molar-refractivity contribution in [2.45, 2.75) is 78.2 Å². The number of aromatic nitrogens is 2. The highest BCUT2D eigenvalue weighted by atomic mass is 16.5. The van der Waals surface area contributed by atoms with Gasteiger partial charge in [-0.2, -0.15) is 4.98 Å². The second-order valence-corrected chi connectivity index (χ2v) is 7.74. The van der Waals surface area contributed by atoms with E-state index in [2.05, 4.69) is 29.2 Å². The molecule has 1 atom stereocenters. The van der Waals surface area contributed by atoms with Gasteiger partial charge in [0, 0.05) is 6.42 Å². The summed E-state index contributed by atoms with van der Waals surface area (Å²) in [5.41, 5.74) is 1.28. The molecule has 2 aromatic rings. The molecular weight excluding hydrogens is 324 g/mol. The summed E-state index contributed by atoms with van der Waals surface area (Å²) in [4.78, 5) is 4.31. The molecule has 0 bridgehead atoms. The lowest BCUT2D eigenvalue weighted by atomic mass is 9.82. The van der Waals surface area contributed by atoms with Crippen LogP contribution in [-0.4, -0.2) is 10.1 Å². The number of rotatable bonds is 9. The van der Waals surface area contributed by atoms with E-state index in [0.29, 0.717) is 12.5 Å². The van der Waals surface area contributed by atoms with Gasteiger partial charge in [0.2, 0.25) is 0 Å². The van der Waals surface area contributed by atoms with E-state index in [4.69, 9.17) is 9.26 Å². The number of para-hydroxylation sites is 1. The maximum Gasteiger partial charge on any atom is 0.264 e. The topological polar surface area (TPSA) is 48.2 Å². The monoisotopic (exact) mass is 356 g/mol. The van der Waals surface area contributed by atoms with Crippen molar-refractivity contribution in [1.29, 1.82) is 0 Å². The SMILES string of the molecule is CCc1noc(COc2ccccc2CCC(C)CC2CCCCC2)n1. The van der Waals surface area contributed by atoms with Gasteiger partial charge in [0.1, 0.15) is 5.75 Å². The van der Waals surface area contributed by atoms with Crippen molar-refractivity contribution in [3.05, 3.63) is 41.5 Å². The van der Waals surface area contributed by atoms with E-state index >= 15 is 0 Å². The molecule has 0 radical (unpaired) electrons. The fraction of sp³-hybridized carbons (Fsp3) is 0.636. The number of benzene rings is 1. The van der Waals surface area contributed by atoms with Crippen LogP contribution in [0.5, 0.6) is 5.75 Å². The first-order valence-corrected chi connectivity index (χ1v) is 10.3. The Morgan fingerprint density at radius 2 is 2.00 bits per heavy atom. The Labute approximate surface area is 157 Å². The highest BCUT2D eigenvalue weighted by Crippen LogP contribution is 2.31. The molecule has 1 saturated carbocycles. The number of hydrogen-bond donors (Lipinski definition) is 0. The third-order valence-corrected chi connectivity index (χ3v) is 5.52. The molecule has 3 rings (SSSR count). The van der Waals surface area contributed by atoms with Gasteiger partial charge >= 0.3 is 0 Å². The molecule has 0 aliphatic heterocycles. The second-order valence-electron chi connectivity index (χ2n) is 7.74. The molecule has 1 fully saturated rings. The lowest BCUT2D eigenvalue weighted by molar-refractivity contribution is 0.240. The molecule has 1 aromatic heterocycles. The number of aryl methyl sites for hydroxylation is 2. The third-order valence-electron chi connectivity index (χ3n) is 5.52. The van der Waals surface area contributed by atoms with Gasteiger partial charge in [0.05, 0.1) is 0 Å². The van der Waals surface area contributed by atoms with Gasteiger partial charge in [-0.1, -0.05) is 69.3 Å². The summed E-state index contributed by atoms with van der Waals surface area (Å²) in [5.74, 6) is 3.94. The second kappa shape index (κ2) is 9.75. The van der Waals surface area contributed by atoms with Crippen LogP contribution in [0.3, 0.4) is 0 Å². The molecule has 1 aliphatic carbocycles. The summed E-state index contributed by atoms with van der Waals surface area (Å²) in [7, 11) is 0. The van der Waals surface area contributed by atoms with E-state index in [1.54, 1.807) is 0 Å². The van der Waals surface area contributed by atoms with Crippen molar-refractivity contribution in [3.63, 3.8) is 0 Å². The van der Waals surface area contributed by atoms with Gasteiger partial charge in [0.15, 0.2) is 12.4 Å². The number of nitrogens with zero attached hydrogens (tertiary/aromatic N) is 2. The zero-order valence-electron chi connectivity index (χ0n) is 16.2. The van der Waals surface area contributed by atoms with Crippen LogP contribution < -0.4 is 4.74 Å². The fourth-order valence-corrected chi connectivity index (χ4v) is 3.99. The summed E-state index contributed by atoms with van der Waals surface area (Å²) in [6.45, 7) is 4.75. The molecule has 4 heteroatoms. The van der Waals surface area contributed by atoms with E-state index in [-0.39, 0.29) is 0 Å². The van der Waals surface area contributed by atoms with Crippen molar-refractivity contribution in [2.75, 3.05) is 0 Å². The molecule has 1 unspecified atom stereocenters. The van der Waals surface area contributed by atoms with Gasteiger partial charge in [-0.05, 0) is 42.7 Å². The number of hydrogen-bond acceptors (Lipinski definition) is 4. The van der Waals surface area contributed by atoms with E-state index in [1.165, 1.54) is 50.5 Å². The molecule has 0 saturated heterocycles. The lowest BCUT2D eigenvalue weighted by Gasteiger charge is -2.24.